The SMILES string of the molecule is COCCN(C)Cc1nccc2c1CCN(c1nc3cc(OC)cc(C(C)C)c3c(=O)[nH]1)C2. The van der Waals surface area contributed by atoms with Crippen LogP contribution in [0.1, 0.15) is 42.1 Å². The minimum absolute atomic E-state index is 0.109. The van der Waals surface area contributed by atoms with E-state index in [0.717, 1.165) is 37.3 Å². The minimum atomic E-state index is -0.109. The van der Waals surface area contributed by atoms with E-state index in [1.807, 2.05) is 18.3 Å². The summed E-state index contributed by atoms with van der Waals surface area (Å²) in [4.78, 5) is 30.0. The van der Waals surface area contributed by atoms with Gasteiger partial charge in [0.15, 0.2) is 0 Å². The predicted molar refractivity (Wildman–Crippen MR) is 130 cm³/mol. The summed E-state index contributed by atoms with van der Waals surface area (Å²) in [6, 6.07) is 5.84. The molecule has 0 aliphatic carbocycles. The smallest absolute Gasteiger partial charge is 0.260 e. The maximum Gasteiger partial charge on any atom is 0.260 e. The van der Waals surface area contributed by atoms with Crippen molar-refractivity contribution in [1.29, 1.82) is 0 Å². The van der Waals surface area contributed by atoms with Crippen molar-refractivity contribution in [2.75, 3.05) is 45.9 Å². The van der Waals surface area contributed by atoms with Crippen molar-refractivity contribution >= 4 is 16.9 Å². The summed E-state index contributed by atoms with van der Waals surface area (Å²) in [6.07, 6.45) is 2.73. The molecule has 2 aromatic heterocycles. The molecule has 33 heavy (non-hydrogen) atoms. The summed E-state index contributed by atoms with van der Waals surface area (Å²) < 4.78 is 10.7. The monoisotopic (exact) mass is 451 g/mol. The predicted octanol–water partition coefficient (Wildman–Crippen LogP) is 3.09. The van der Waals surface area contributed by atoms with Crippen LogP contribution in [0.2, 0.25) is 0 Å². The molecular weight excluding hydrogens is 418 g/mol. The van der Waals surface area contributed by atoms with E-state index >= 15 is 0 Å². The molecule has 1 N–H and O–H groups in total. The van der Waals surface area contributed by atoms with Crippen LogP contribution in [0.3, 0.4) is 0 Å². The topological polar surface area (TPSA) is 83.6 Å². The summed E-state index contributed by atoms with van der Waals surface area (Å²) in [5.74, 6) is 1.50. The van der Waals surface area contributed by atoms with Gasteiger partial charge in [0.2, 0.25) is 5.95 Å². The lowest BCUT2D eigenvalue weighted by Crippen LogP contribution is -2.34. The second-order valence-electron chi connectivity index (χ2n) is 8.95. The van der Waals surface area contributed by atoms with Crippen LogP contribution in [0.5, 0.6) is 5.75 Å². The highest BCUT2D eigenvalue weighted by molar-refractivity contribution is 5.84. The first-order valence-corrected chi connectivity index (χ1v) is 11.4. The number of anilines is 1. The number of hydrogen-bond acceptors (Lipinski definition) is 7. The van der Waals surface area contributed by atoms with Crippen LogP contribution in [0.25, 0.3) is 10.9 Å². The van der Waals surface area contributed by atoms with E-state index in [-0.39, 0.29) is 11.5 Å². The molecule has 0 fully saturated rings. The number of nitrogens with zero attached hydrogens (tertiary/aromatic N) is 4. The molecule has 1 aliphatic heterocycles. The molecule has 176 valence electrons. The molecule has 0 amide bonds. The molecule has 0 unspecified atom stereocenters. The quantitative estimate of drug-likeness (QED) is 0.563. The third-order valence-electron chi connectivity index (χ3n) is 6.29. The normalized spacial score (nSPS) is 13.7. The number of H-pyrrole nitrogens is 1. The van der Waals surface area contributed by atoms with E-state index in [9.17, 15) is 4.79 Å². The van der Waals surface area contributed by atoms with Gasteiger partial charge in [0.25, 0.3) is 5.56 Å². The fraction of sp³-hybridized carbons (Fsp3) is 0.480. The number of fused-ring (bicyclic) bond motifs is 2. The lowest BCUT2D eigenvalue weighted by molar-refractivity contribution is 0.158. The Bertz CT molecular complexity index is 1190. The van der Waals surface area contributed by atoms with Crippen LogP contribution in [0, 0.1) is 0 Å². The molecule has 0 atom stereocenters. The standard InChI is InChI=1S/C25H33N5O3/c1-16(2)20-12-18(33-5)13-21-23(20)24(31)28-25(27-21)30-9-7-19-17(14-30)6-8-26-22(19)15-29(3)10-11-32-4/h6,8,12-13,16H,7,9-11,14-15H2,1-5H3,(H,27,28,31). The summed E-state index contributed by atoms with van der Waals surface area (Å²) in [5, 5.41) is 0.637. The first-order valence-electron chi connectivity index (χ1n) is 11.4. The Hall–Kier alpha value is -2.97. The molecule has 0 spiro atoms. The summed E-state index contributed by atoms with van der Waals surface area (Å²) in [6.45, 7) is 7.94. The van der Waals surface area contributed by atoms with Crippen molar-refractivity contribution in [1.82, 2.24) is 19.9 Å². The van der Waals surface area contributed by atoms with Crippen molar-refractivity contribution in [3.8, 4) is 5.75 Å². The second-order valence-corrected chi connectivity index (χ2v) is 8.95. The molecule has 8 nitrogen and oxygen atoms in total. The number of aromatic nitrogens is 3. The zero-order valence-corrected chi connectivity index (χ0v) is 20.1. The van der Waals surface area contributed by atoms with Gasteiger partial charge in [-0.2, -0.15) is 0 Å². The Kier molecular flexibility index (Phi) is 6.95. The number of methoxy groups -OCH3 is 2. The van der Waals surface area contributed by atoms with Crippen molar-refractivity contribution in [3.05, 3.63) is 57.1 Å². The number of likely N-dealkylation sites (N-methyl/N-ethyl adjacent to an activating group) is 1. The Morgan fingerprint density at radius 1 is 1.27 bits per heavy atom. The van der Waals surface area contributed by atoms with Crippen LogP contribution < -0.4 is 15.2 Å². The molecule has 3 heterocycles. The highest BCUT2D eigenvalue weighted by Gasteiger charge is 2.23. The van der Waals surface area contributed by atoms with Crippen molar-refractivity contribution in [3.63, 3.8) is 0 Å². The summed E-state index contributed by atoms with van der Waals surface area (Å²) in [5.41, 5.74) is 5.13. The number of hydrogen-bond donors (Lipinski definition) is 1. The molecule has 0 saturated carbocycles. The maximum absolute atomic E-state index is 13.1. The van der Waals surface area contributed by atoms with Crippen LogP contribution in [0.4, 0.5) is 5.95 Å². The molecule has 8 heteroatoms. The fourth-order valence-electron chi connectivity index (χ4n) is 4.45. The van der Waals surface area contributed by atoms with Crippen LogP contribution in [-0.4, -0.2) is 60.8 Å². The van der Waals surface area contributed by atoms with E-state index in [2.05, 4.69) is 46.7 Å². The fourth-order valence-corrected chi connectivity index (χ4v) is 4.45. The van der Waals surface area contributed by atoms with Crippen LogP contribution in [-0.2, 0) is 24.2 Å². The van der Waals surface area contributed by atoms with Gasteiger partial charge in [-0.25, -0.2) is 4.98 Å². The summed E-state index contributed by atoms with van der Waals surface area (Å²) >= 11 is 0. The average molecular weight is 452 g/mol. The lowest BCUT2D eigenvalue weighted by atomic mass is 9.98. The number of nitrogens with one attached hydrogen (secondary N) is 1. The van der Waals surface area contributed by atoms with Crippen LogP contribution in [0.15, 0.2) is 29.2 Å². The second kappa shape index (κ2) is 9.89. The van der Waals surface area contributed by atoms with Crippen molar-refractivity contribution in [2.24, 2.45) is 0 Å². The molecule has 0 saturated heterocycles. The van der Waals surface area contributed by atoms with Gasteiger partial charge in [-0.05, 0) is 48.2 Å². The molecule has 3 aromatic rings. The van der Waals surface area contributed by atoms with Gasteiger partial charge in [0.05, 0.1) is 30.3 Å². The van der Waals surface area contributed by atoms with E-state index in [1.54, 1.807) is 14.2 Å². The van der Waals surface area contributed by atoms with Crippen molar-refractivity contribution in [2.45, 2.75) is 39.3 Å². The molecule has 1 aliphatic rings. The first kappa shape index (κ1) is 23.2. The zero-order chi connectivity index (χ0) is 23.5. The molecule has 4 rings (SSSR count). The number of rotatable bonds is 8. The van der Waals surface area contributed by atoms with Gasteiger partial charge < -0.3 is 14.4 Å². The zero-order valence-electron chi connectivity index (χ0n) is 20.1. The lowest BCUT2D eigenvalue weighted by Gasteiger charge is -2.31. The van der Waals surface area contributed by atoms with Gasteiger partial charge in [0.1, 0.15) is 5.75 Å². The van der Waals surface area contributed by atoms with Crippen molar-refractivity contribution < 1.29 is 9.47 Å². The first-order chi connectivity index (χ1) is 15.9. The molecule has 0 bridgehead atoms. The van der Waals surface area contributed by atoms with E-state index in [4.69, 9.17) is 14.5 Å². The molecular formula is C25H33N5O3. The van der Waals surface area contributed by atoms with E-state index < -0.39 is 0 Å². The Labute approximate surface area is 194 Å². The number of pyridine rings is 1. The van der Waals surface area contributed by atoms with Gasteiger partial charge >= 0.3 is 0 Å². The highest BCUT2D eigenvalue weighted by atomic mass is 16.5. The van der Waals surface area contributed by atoms with Gasteiger partial charge in [-0.1, -0.05) is 13.8 Å². The molecule has 1 aromatic carbocycles. The summed E-state index contributed by atoms with van der Waals surface area (Å²) in [7, 11) is 5.44. The number of ether oxygens (including phenoxy) is 2. The van der Waals surface area contributed by atoms with E-state index in [1.165, 1.54) is 11.1 Å². The van der Waals surface area contributed by atoms with E-state index in [0.29, 0.717) is 35.8 Å². The number of aromatic amines is 1. The third kappa shape index (κ3) is 4.86. The minimum Gasteiger partial charge on any atom is -0.497 e. The van der Waals surface area contributed by atoms with Gasteiger partial charge in [-0.3, -0.25) is 19.7 Å². The third-order valence-corrected chi connectivity index (χ3v) is 6.29. The van der Waals surface area contributed by atoms with Crippen LogP contribution >= 0.6 is 0 Å². The largest absolute Gasteiger partial charge is 0.497 e. The Balaban J connectivity index is 1.64. The average Bonchev–Trinajstić information content (AvgIpc) is 2.81. The Morgan fingerprint density at radius 2 is 2.09 bits per heavy atom. The maximum atomic E-state index is 13.1. The number of benzene rings is 1. The Morgan fingerprint density at radius 3 is 2.82 bits per heavy atom. The molecule has 0 radical (unpaired) electrons. The van der Waals surface area contributed by atoms with Gasteiger partial charge in [-0.15, -0.1) is 0 Å². The van der Waals surface area contributed by atoms with Gasteiger partial charge in [0, 0.05) is 45.6 Å². The highest BCUT2D eigenvalue weighted by Crippen LogP contribution is 2.29.